The Morgan fingerprint density at radius 1 is 1.31 bits per heavy atom. The summed E-state index contributed by atoms with van der Waals surface area (Å²) in [7, 11) is 0. The number of hydrogen-bond acceptors (Lipinski definition) is 6. The molecular formula is C19H20N2O2S3. The van der Waals surface area contributed by atoms with Crippen LogP contribution in [0.1, 0.15) is 33.1 Å². The van der Waals surface area contributed by atoms with Crippen molar-refractivity contribution in [2.24, 2.45) is 0 Å². The van der Waals surface area contributed by atoms with Gasteiger partial charge in [0.15, 0.2) is 0 Å². The van der Waals surface area contributed by atoms with Gasteiger partial charge >= 0.3 is 0 Å². The highest BCUT2D eigenvalue weighted by Gasteiger charge is 2.27. The highest BCUT2D eigenvalue weighted by Crippen LogP contribution is 2.32. The molecule has 1 atom stereocenters. The molecule has 0 N–H and O–H groups in total. The first-order valence-electron chi connectivity index (χ1n) is 8.65. The summed E-state index contributed by atoms with van der Waals surface area (Å²) < 4.78 is 5.78. The van der Waals surface area contributed by atoms with Crippen LogP contribution in [0.25, 0.3) is 9.88 Å². The van der Waals surface area contributed by atoms with Crippen molar-refractivity contribution in [3.8, 4) is 9.88 Å². The summed E-state index contributed by atoms with van der Waals surface area (Å²) >= 11 is 4.83. The molecule has 1 amide bonds. The Labute approximate surface area is 165 Å². The molecule has 0 aliphatic carbocycles. The Morgan fingerprint density at radius 2 is 2.15 bits per heavy atom. The van der Waals surface area contributed by atoms with Crippen LogP contribution in [0.2, 0.25) is 0 Å². The van der Waals surface area contributed by atoms with Crippen LogP contribution in [0.5, 0.6) is 0 Å². The summed E-state index contributed by atoms with van der Waals surface area (Å²) in [4.78, 5) is 22.9. The molecule has 7 heteroatoms. The van der Waals surface area contributed by atoms with Crippen LogP contribution in [0.3, 0.4) is 0 Å². The number of thiazole rings is 1. The standard InChI is InChI=1S/C19H20N2O2S3/c1-13-17(26-18(20-13)16-7-4-10-25-16)19(22)21(11-14-5-2-8-23-14)12-15-6-3-9-24-15/h3-4,6-7,9-10,14H,2,5,8,11-12H2,1H3. The first-order valence-corrected chi connectivity index (χ1v) is 11.2. The van der Waals surface area contributed by atoms with E-state index in [-0.39, 0.29) is 12.0 Å². The molecule has 0 radical (unpaired) electrons. The van der Waals surface area contributed by atoms with Crippen molar-refractivity contribution < 1.29 is 9.53 Å². The van der Waals surface area contributed by atoms with E-state index < -0.39 is 0 Å². The molecule has 0 bridgehead atoms. The predicted octanol–water partition coefficient (Wildman–Crippen LogP) is 5.06. The normalized spacial score (nSPS) is 16.9. The van der Waals surface area contributed by atoms with Gasteiger partial charge in [0.05, 0.1) is 23.2 Å². The molecule has 4 nitrogen and oxygen atoms in total. The van der Waals surface area contributed by atoms with Gasteiger partial charge in [0.25, 0.3) is 5.91 Å². The van der Waals surface area contributed by atoms with Crippen LogP contribution in [0.4, 0.5) is 0 Å². The van der Waals surface area contributed by atoms with Gasteiger partial charge in [-0.1, -0.05) is 12.1 Å². The third-order valence-electron chi connectivity index (χ3n) is 4.38. The minimum atomic E-state index is 0.0618. The summed E-state index contributed by atoms with van der Waals surface area (Å²) in [6.07, 6.45) is 2.24. The minimum absolute atomic E-state index is 0.0618. The molecule has 0 spiro atoms. The number of rotatable bonds is 6. The van der Waals surface area contributed by atoms with Crippen LogP contribution < -0.4 is 0 Å². The molecular weight excluding hydrogens is 384 g/mol. The van der Waals surface area contributed by atoms with Crippen molar-refractivity contribution in [3.63, 3.8) is 0 Å². The molecule has 1 saturated heterocycles. The lowest BCUT2D eigenvalue weighted by Gasteiger charge is -2.24. The maximum Gasteiger partial charge on any atom is 0.266 e. The van der Waals surface area contributed by atoms with Crippen LogP contribution in [-0.2, 0) is 11.3 Å². The Balaban J connectivity index is 1.58. The van der Waals surface area contributed by atoms with Crippen LogP contribution in [0, 0.1) is 6.92 Å². The second kappa shape index (κ2) is 8.00. The summed E-state index contributed by atoms with van der Waals surface area (Å²) in [6.45, 7) is 3.99. The van der Waals surface area contributed by atoms with Crippen LogP contribution >= 0.6 is 34.0 Å². The van der Waals surface area contributed by atoms with Gasteiger partial charge in [-0.05, 0) is 42.7 Å². The van der Waals surface area contributed by atoms with Crippen LogP contribution in [0.15, 0.2) is 35.0 Å². The first-order chi connectivity index (χ1) is 12.7. The van der Waals surface area contributed by atoms with E-state index in [0.717, 1.165) is 39.9 Å². The lowest BCUT2D eigenvalue weighted by molar-refractivity contribution is 0.0512. The number of amides is 1. The van der Waals surface area contributed by atoms with Gasteiger partial charge in [0, 0.05) is 18.0 Å². The zero-order valence-corrected chi connectivity index (χ0v) is 17.0. The topological polar surface area (TPSA) is 42.4 Å². The second-order valence-corrected chi connectivity index (χ2v) is 9.29. The van der Waals surface area contributed by atoms with E-state index in [4.69, 9.17) is 4.74 Å². The molecule has 136 valence electrons. The monoisotopic (exact) mass is 404 g/mol. The fourth-order valence-corrected chi connectivity index (χ4v) is 5.64. The van der Waals surface area contributed by atoms with E-state index in [1.54, 1.807) is 22.7 Å². The lowest BCUT2D eigenvalue weighted by Crippen LogP contribution is -2.36. The SMILES string of the molecule is Cc1nc(-c2cccs2)sc1C(=O)N(Cc1cccs1)CC1CCCO1. The van der Waals surface area contributed by atoms with Crippen molar-refractivity contribution in [3.05, 3.63) is 50.5 Å². The molecule has 1 fully saturated rings. The molecule has 0 aromatic carbocycles. The van der Waals surface area contributed by atoms with Crippen molar-refractivity contribution >= 4 is 39.9 Å². The highest BCUT2D eigenvalue weighted by atomic mass is 32.1. The van der Waals surface area contributed by atoms with Gasteiger partial charge in [-0.2, -0.15) is 0 Å². The summed E-state index contributed by atoms with van der Waals surface area (Å²) in [5, 5.41) is 5.01. The molecule has 4 heterocycles. The van der Waals surface area contributed by atoms with Gasteiger partial charge in [-0.25, -0.2) is 4.98 Å². The Bertz CT molecular complexity index is 850. The van der Waals surface area contributed by atoms with E-state index in [1.165, 1.54) is 16.2 Å². The maximum atomic E-state index is 13.3. The molecule has 26 heavy (non-hydrogen) atoms. The summed E-state index contributed by atoms with van der Waals surface area (Å²) in [5.74, 6) is 0.0618. The van der Waals surface area contributed by atoms with Gasteiger partial charge in [0.2, 0.25) is 0 Å². The van der Waals surface area contributed by atoms with Crippen molar-refractivity contribution in [1.82, 2.24) is 9.88 Å². The zero-order chi connectivity index (χ0) is 17.9. The van der Waals surface area contributed by atoms with Crippen molar-refractivity contribution in [2.75, 3.05) is 13.2 Å². The van der Waals surface area contributed by atoms with E-state index in [2.05, 4.69) is 16.4 Å². The third-order valence-corrected chi connectivity index (χ3v) is 7.43. The summed E-state index contributed by atoms with van der Waals surface area (Å²) in [5.41, 5.74) is 0.812. The van der Waals surface area contributed by atoms with Crippen molar-refractivity contribution in [2.45, 2.75) is 32.4 Å². The van der Waals surface area contributed by atoms with E-state index in [0.29, 0.717) is 13.1 Å². The van der Waals surface area contributed by atoms with E-state index in [1.807, 2.05) is 35.4 Å². The highest BCUT2D eigenvalue weighted by molar-refractivity contribution is 7.22. The molecule has 1 aliphatic heterocycles. The number of aryl methyl sites for hydroxylation is 1. The molecule has 1 aliphatic rings. The average molecular weight is 405 g/mol. The number of carbonyl (C=O) groups is 1. The van der Waals surface area contributed by atoms with E-state index in [9.17, 15) is 4.79 Å². The second-order valence-electron chi connectivity index (χ2n) is 6.31. The van der Waals surface area contributed by atoms with Gasteiger partial charge in [0.1, 0.15) is 9.88 Å². The molecule has 3 aromatic rings. The van der Waals surface area contributed by atoms with Crippen LogP contribution in [-0.4, -0.2) is 35.0 Å². The average Bonchev–Trinajstić information content (AvgIpc) is 3.41. The quantitative estimate of drug-likeness (QED) is 0.576. The number of carbonyl (C=O) groups excluding carboxylic acids is 1. The smallest absolute Gasteiger partial charge is 0.266 e. The minimum Gasteiger partial charge on any atom is -0.376 e. The number of ether oxygens (including phenoxy) is 1. The molecule has 4 rings (SSSR count). The fourth-order valence-electron chi connectivity index (χ4n) is 3.09. The largest absolute Gasteiger partial charge is 0.376 e. The van der Waals surface area contributed by atoms with Gasteiger partial charge in [-0.3, -0.25) is 4.79 Å². The molecule has 3 aromatic heterocycles. The van der Waals surface area contributed by atoms with Gasteiger partial charge in [-0.15, -0.1) is 34.0 Å². The number of hydrogen-bond donors (Lipinski definition) is 0. The number of nitrogens with zero attached hydrogens (tertiary/aromatic N) is 2. The lowest BCUT2D eigenvalue weighted by atomic mass is 10.2. The maximum absolute atomic E-state index is 13.3. The predicted molar refractivity (Wildman–Crippen MR) is 108 cm³/mol. The third kappa shape index (κ3) is 3.91. The molecule has 1 unspecified atom stereocenters. The zero-order valence-electron chi connectivity index (χ0n) is 14.5. The Hall–Kier alpha value is -1.54. The number of thiophene rings is 2. The van der Waals surface area contributed by atoms with E-state index >= 15 is 0 Å². The van der Waals surface area contributed by atoms with Crippen molar-refractivity contribution in [1.29, 1.82) is 0 Å². The fraction of sp³-hybridized carbons (Fsp3) is 0.368. The Morgan fingerprint density at radius 3 is 2.85 bits per heavy atom. The first kappa shape index (κ1) is 17.9. The van der Waals surface area contributed by atoms with Gasteiger partial charge < -0.3 is 9.64 Å². The molecule has 0 saturated carbocycles. The Kier molecular flexibility index (Phi) is 5.49. The number of aromatic nitrogens is 1. The summed E-state index contributed by atoms with van der Waals surface area (Å²) in [6, 6.07) is 8.17.